The number of piperazine rings is 1. The van der Waals surface area contributed by atoms with Gasteiger partial charge < -0.3 is 19.9 Å². The van der Waals surface area contributed by atoms with Crippen LogP contribution in [0.3, 0.4) is 0 Å². The largest absolute Gasteiger partial charge is 0.379 e. The maximum Gasteiger partial charge on any atom is 0.270 e. The van der Waals surface area contributed by atoms with Gasteiger partial charge in [-0.3, -0.25) is 29.4 Å². The number of nitro groups is 1. The maximum atomic E-state index is 12.7. The van der Waals surface area contributed by atoms with Crippen LogP contribution in [0, 0.1) is 10.1 Å². The van der Waals surface area contributed by atoms with Gasteiger partial charge in [0.25, 0.3) is 11.6 Å². The van der Waals surface area contributed by atoms with Gasteiger partial charge in [-0.2, -0.15) is 0 Å². The number of non-ortho nitro benzene ring substituents is 1. The summed E-state index contributed by atoms with van der Waals surface area (Å²) in [5, 5.41) is 13.5. The molecule has 0 aliphatic carbocycles. The van der Waals surface area contributed by atoms with E-state index in [1.54, 1.807) is 16.7 Å². The summed E-state index contributed by atoms with van der Waals surface area (Å²) in [4.78, 5) is 53.3. The number of carbonyl (C=O) groups excluding carboxylic acids is 3. The predicted octanol–water partition coefficient (Wildman–Crippen LogP) is -0.284. The molecule has 3 amide bonds. The zero-order valence-electron chi connectivity index (χ0n) is 17.5. The Balaban J connectivity index is 1.47. The van der Waals surface area contributed by atoms with Crippen molar-refractivity contribution in [1.82, 2.24) is 20.0 Å². The predicted molar refractivity (Wildman–Crippen MR) is 110 cm³/mol. The monoisotopic (exact) mass is 433 g/mol. The quantitative estimate of drug-likeness (QED) is 0.483. The van der Waals surface area contributed by atoms with E-state index >= 15 is 0 Å². The number of hydrogen-bond acceptors (Lipinski definition) is 7. The van der Waals surface area contributed by atoms with Gasteiger partial charge >= 0.3 is 0 Å². The van der Waals surface area contributed by atoms with E-state index in [-0.39, 0.29) is 23.1 Å². The molecular formula is C20H27N5O6. The first-order valence-corrected chi connectivity index (χ1v) is 10.3. The van der Waals surface area contributed by atoms with Crippen molar-refractivity contribution in [2.75, 3.05) is 59.0 Å². The summed E-state index contributed by atoms with van der Waals surface area (Å²) >= 11 is 0. The molecule has 2 saturated heterocycles. The first-order chi connectivity index (χ1) is 14.8. The smallest absolute Gasteiger partial charge is 0.270 e. The number of ether oxygens (including phenoxy) is 1. The van der Waals surface area contributed by atoms with Gasteiger partial charge in [0.1, 0.15) is 6.04 Å². The Hall–Kier alpha value is -3.05. The number of nitro benzene ring substituents is 1. The molecule has 1 aromatic rings. The number of nitrogens with zero attached hydrogens (tertiary/aromatic N) is 4. The standard InChI is InChI=1S/C20H27N5O6/c1-15(21-19(27)16-3-2-4-17(13-16)25(29)30)20(28)24-7-5-23(6-8-24)18(26)14-22-9-11-31-12-10-22/h2-4,13,15H,5-12,14H2,1H3,(H,21,27). The number of nitrogens with one attached hydrogen (secondary N) is 1. The molecule has 0 spiro atoms. The van der Waals surface area contributed by atoms with E-state index in [4.69, 9.17) is 4.74 Å². The molecule has 31 heavy (non-hydrogen) atoms. The summed E-state index contributed by atoms with van der Waals surface area (Å²) in [5.41, 5.74) is -0.0723. The molecule has 2 heterocycles. The van der Waals surface area contributed by atoms with Crippen LogP contribution in [-0.2, 0) is 14.3 Å². The fourth-order valence-corrected chi connectivity index (χ4v) is 3.60. The van der Waals surface area contributed by atoms with E-state index in [0.717, 1.165) is 13.1 Å². The zero-order valence-corrected chi connectivity index (χ0v) is 17.5. The molecule has 1 unspecified atom stereocenters. The highest BCUT2D eigenvalue weighted by Gasteiger charge is 2.28. The molecule has 11 heteroatoms. The van der Waals surface area contributed by atoms with Crippen molar-refractivity contribution < 1.29 is 24.0 Å². The van der Waals surface area contributed by atoms with Gasteiger partial charge in [-0.15, -0.1) is 0 Å². The molecule has 1 N–H and O–H groups in total. The van der Waals surface area contributed by atoms with Gasteiger partial charge in [-0.05, 0) is 13.0 Å². The van der Waals surface area contributed by atoms with Crippen molar-refractivity contribution in [3.05, 3.63) is 39.9 Å². The van der Waals surface area contributed by atoms with Crippen LogP contribution >= 0.6 is 0 Å². The van der Waals surface area contributed by atoms with Crippen molar-refractivity contribution in [3.63, 3.8) is 0 Å². The molecule has 168 valence electrons. The Bertz CT molecular complexity index is 833. The summed E-state index contributed by atoms with van der Waals surface area (Å²) in [6.07, 6.45) is 0. The molecule has 0 aromatic heterocycles. The van der Waals surface area contributed by atoms with E-state index in [1.165, 1.54) is 24.3 Å². The minimum atomic E-state index is -0.789. The first-order valence-electron chi connectivity index (χ1n) is 10.3. The summed E-state index contributed by atoms with van der Waals surface area (Å²) in [6, 6.07) is 4.56. The Morgan fingerprint density at radius 3 is 2.39 bits per heavy atom. The van der Waals surface area contributed by atoms with E-state index in [0.29, 0.717) is 45.9 Å². The van der Waals surface area contributed by atoms with Crippen molar-refractivity contribution in [3.8, 4) is 0 Å². The van der Waals surface area contributed by atoms with E-state index < -0.39 is 16.9 Å². The van der Waals surface area contributed by atoms with Gasteiger partial charge in [-0.25, -0.2) is 0 Å². The molecule has 1 atom stereocenters. The molecule has 1 aromatic carbocycles. The van der Waals surface area contributed by atoms with Crippen LogP contribution in [0.2, 0.25) is 0 Å². The molecule has 0 saturated carbocycles. The van der Waals surface area contributed by atoms with Gasteiger partial charge in [0.15, 0.2) is 0 Å². The maximum absolute atomic E-state index is 12.7. The molecule has 0 radical (unpaired) electrons. The number of amides is 3. The second-order valence-corrected chi connectivity index (χ2v) is 7.60. The van der Waals surface area contributed by atoms with Gasteiger partial charge in [0, 0.05) is 57.0 Å². The zero-order chi connectivity index (χ0) is 22.4. The summed E-state index contributed by atoms with van der Waals surface area (Å²) < 4.78 is 5.29. The number of rotatable bonds is 6. The highest BCUT2D eigenvalue weighted by molar-refractivity contribution is 5.97. The average molecular weight is 433 g/mol. The SMILES string of the molecule is CC(NC(=O)c1cccc([N+](=O)[O-])c1)C(=O)N1CCN(C(=O)CN2CCOCC2)CC1. The summed E-state index contributed by atoms with van der Waals surface area (Å²) in [7, 11) is 0. The Labute approximate surface area is 180 Å². The minimum Gasteiger partial charge on any atom is -0.379 e. The molecular weight excluding hydrogens is 406 g/mol. The molecule has 11 nitrogen and oxygen atoms in total. The molecule has 2 aliphatic rings. The number of carbonyl (C=O) groups is 3. The van der Waals surface area contributed by atoms with Crippen LogP contribution in [0.4, 0.5) is 5.69 Å². The number of hydrogen-bond donors (Lipinski definition) is 1. The topological polar surface area (TPSA) is 125 Å². The van der Waals surface area contributed by atoms with Crippen molar-refractivity contribution in [1.29, 1.82) is 0 Å². The summed E-state index contributed by atoms with van der Waals surface area (Å²) in [5.74, 6) is -0.760. The van der Waals surface area contributed by atoms with E-state index in [2.05, 4.69) is 10.2 Å². The fourth-order valence-electron chi connectivity index (χ4n) is 3.60. The van der Waals surface area contributed by atoms with Crippen molar-refractivity contribution >= 4 is 23.4 Å². The van der Waals surface area contributed by atoms with Crippen molar-refractivity contribution in [2.24, 2.45) is 0 Å². The molecule has 2 fully saturated rings. The Morgan fingerprint density at radius 2 is 1.74 bits per heavy atom. The Kier molecular flexibility index (Phi) is 7.53. The van der Waals surface area contributed by atoms with Gasteiger partial charge in [0.2, 0.25) is 11.8 Å². The second kappa shape index (κ2) is 10.3. The lowest BCUT2D eigenvalue weighted by atomic mass is 10.1. The molecule has 2 aliphatic heterocycles. The van der Waals surface area contributed by atoms with Crippen LogP contribution in [0.25, 0.3) is 0 Å². The second-order valence-electron chi connectivity index (χ2n) is 7.60. The number of morpholine rings is 1. The molecule has 3 rings (SSSR count). The van der Waals surface area contributed by atoms with E-state index in [1.807, 2.05) is 0 Å². The van der Waals surface area contributed by atoms with E-state index in [9.17, 15) is 24.5 Å². The summed E-state index contributed by atoms with van der Waals surface area (Å²) in [6.45, 7) is 6.36. The Morgan fingerprint density at radius 1 is 1.10 bits per heavy atom. The molecule has 0 bridgehead atoms. The highest BCUT2D eigenvalue weighted by Crippen LogP contribution is 2.13. The third-order valence-corrected chi connectivity index (χ3v) is 5.44. The number of benzene rings is 1. The third kappa shape index (κ3) is 5.98. The van der Waals surface area contributed by atoms with Crippen LogP contribution in [0.15, 0.2) is 24.3 Å². The lowest BCUT2D eigenvalue weighted by Crippen LogP contribution is -2.56. The van der Waals surface area contributed by atoms with Crippen LogP contribution in [0.1, 0.15) is 17.3 Å². The first kappa shape index (κ1) is 22.6. The minimum absolute atomic E-state index is 0.0426. The normalized spacial score (nSPS) is 18.4. The lowest BCUT2D eigenvalue weighted by Gasteiger charge is -2.37. The van der Waals surface area contributed by atoms with Crippen LogP contribution in [0.5, 0.6) is 0 Å². The average Bonchev–Trinajstić information content (AvgIpc) is 2.79. The van der Waals surface area contributed by atoms with Crippen LogP contribution < -0.4 is 5.32 Å². The van der Waals surface area contributed by atoms with Crippen LogP contribution in [-0.4, -0.2) is 102 Å². The highest BCUT2D eigenvalue weighted by atomic mass is 16.6. The third-order valence-electron chi connectivity index (χ3n) is 5.44. The van der Waals surface area contributed by atoms with Gasteiger partial charge in [0.05, 0.1) is 24.7 Å². The van der Waals surface area contributed by atoms with Gasteiger partial charge in [-0.1, -0.05) is 6.07 Å². The lowest BCUT2D eigenvalue weighted by molar-refractivity contribution is -0.384. The van der Waals surface area contributed by atoms with Crippen molar-refractivity contribution in [2.45, 2.75) is 13.0 Å². The fraction of sp³-hybridized carbons (Fsp3) is 0.550.